The minimum atomic E-state index is -1.78. The number of hydrogen-bond donors (Lipinski definition) is 3. The second-order valence-electron chi connectivity index (χ2n) is 7.03. The number of fused-ring (bicyclic) bond motifs is 1. The third kappa shape index (κ3) is 3.48. The molecule has 1 fully saturated rings. The predicted molar refractivity (Wildman–Crippen MR) is 106 cm³/mol. The first-order chi connectivity index (χ1) is 14.0. The van der Waals surface area contributed by atoms with Crippen LogP contribution < -0.4 is 11.2 Å². The molecule has 2 aromatic heterocycles. The number of amides is 1. The van der Waals surface area contributed by atoms with E-state index in [-0.39, 0.29) is 28.7 Å². The molecule has 0 saturated carbocycles. The summed E-state index contributed by atoms with van der Waals surface area (Å²) in [4.78, 5) is 45.1. The van der Waals surface area contributed by atoms with E-state index in [1.807, 2.05) is 0 Å². The second-order valence-corrected chi connectivity index (χ2v) is 7.03. The summed E-state index contributed by atoms with van der Waals surface area (Å²) in [7, 11) is -1.78. The summed E-state index contributed by atoms with van der Waals surface area (Å²) in [6.07, 6.45) is 3.34. The van der Waals surface area contributed by atoms with Crippen molar-refractivity contribution < 1.29 is 19.6 Å². The molecule has 0 unspecified atom stereocenters. The number of H-pyrrole nitrogens is 1. The van der Waals surface area contributed by atoms with E-state index in [4.69, 9.17) is 0 Å². The zero-order valence-electron chi connectivity index (χ0n) is 15.5. The van der Waals surface area contributed by atoms with Gasteiger partial charge in [-0.05, 0) is 42.6 Å². The number of aldehydes is 1. The molecule has 0 radical (unpaired) electrons. The lowest BCUT2D eigenvalue weighted by Crippen LogP contribution is -2.41. The van der Waals surface area contributed by atoms with Gasteiger partial charge in [-0.3, -0.25) is 14.2 Å². The monoisotopic (exact) mass is 394 g/mol. The molecule has 148 valence electrons. The van der Waals surface area contributed by atoms with E-state index < -0.39 is 7.12 Å². The minimum Gasteiger partial charge on any atom is -0.423 e. The minimum absolute atomic E-state index is 0.0569. The molecule has 1 saturated heterocycles. The lowest BCUT2D eigenvalue weighted by molar-refractivity contribution is 0.0695. The Morgan fingerprint density at radius 1 is 1.24 bits per heavy atom. The molecule has 1 aliphatic heterocycles. The molecule has 0 aliphatic carbocycles. The van der Waals surface area contributed by atoms with Gasteiger partial charge in [-0.15, -0.1) is 0 Å². The van der Waals surface area contributed by atoms with E-state index >= 15 is 0 Å². The highest BCUT2D eigenvalue weighted by Gasteiger charge is 2.27. The van der Waals surface area contributed by atoms with E-state index in [1.165, 1.54) is 18.2 Å². The first-order valence-corrected chi connectivity index (χ1v) is 9.29. The highest BCUT2D eigenvalue weighted by molar-refractivity contribution is 6.60. The molecular weight excluding hydrogens is 375 g/mol. The maximum Gasteiger partial charge on any atom is 0.489 e. The lowest BCUT2D eigenvalue weighted by atomic mass is 9.76. The molecule has 10 heteroatoms. The van der Waals surface area contributed by atoms with Gasteiger partial charge in [0.05, 0.1) is 5.52 Å². The SMILES string of the molecule is O=Cc1cc(C(=O)N2CCC(n3c(=O)[nH]c4cccnc43)CC2)ccc1B(O)O. The van der Waals surface area contributed by atoms with E-state index in [1.54, 1.807) is 27.8 Å². The molecule has 1 aliphatic rings. The van der Waals surface area contributed by atoms with Crippen LogP contribution in [0.15, 0.2) is 41.3 Å². The highest BCUT2D eigenvalue weighted by atomic mass is 16.4. The van der Waals surface area contributed by atoms with Crippen LogP contribution in [0.25, 0.3) is 11.2 Å². The number of rotatable bonds is 4. The van der Waals surface area contributed by atoms with Crippen molar-refractivity contribution in [2.45, 2.75) is 18.9 Å². The Kier molecular flexibility index (Phi) is 5.04. The molecule has 3 heterocycles. The Balaban J connectivity index is 1.51. The standard InChI is InChI=1S/C19H19BN4O5/c25-11-13-10-12(3-4-15(13)20(28)29)18(26)23-8-5-14(6-9-23)24-17-16(22-19(24)27)2-1-7-21-17/h1-4,7,10-11,14,28-29H,5-6,8-9H2,(H,22,27). The molecule has 3 aromatic rings. The van der Waals surface area contributed by atoms with Crippen LogP contribution in [0, 0.1) is 0 Å². The van der Waals surface area contributed by atoms with Gasteiger partial charge >= 0.3 is 12.8 Å². The van der Waals surface area contributed by atoms with E-state index in [2.05, 4.69) is 9.97 Å². The van der Waals surface area contributed by atoms with E-state index in [9.17, 15) is 24.4 Å². The van der Waals surface area contributed by atoms with Gasteiger partial charge in [0, 0.05) is 36.5 Å². The zero-order valence-corrected chi connectivity index (χ0v) is 15.5. The normalized spacial score (nSPS) is 14.9. The molecule has 9 nitrogen and oxygen atoms in total. The average Bonchev–Trinajstić information content (AvgIpc) is 3.08. The van der Waals surface area contributed by atoms with Crippen molar-refractivity contribution in [3.05, 3.63) is 58.1 Å². The molecule has 3 N–H and O–H groups in total. The van der Waals surface area contributed by atoms with Crippen molar-refractivity contribution in [3.63, 3.8) is 0 Å². The number of aromatic nitrogens is 3. The van der Waals surface area contributed by atoms with E-state index in [0.29, 0.717) is 48.9 Å². The Morgan fingerprint density at radius 3 is 2.69 bits per heavy atom. The smallest absolute Gasteiger partial charge is 0.423 e. The van der Waals surface area contributed by atoms with Gasteiger partial charge in [0.2, 0.25) is 0 Å². The van der Waals surface area contributed by atoms with E-state index in [0.717, 1.165) is 0 Å². The van der Waals surface area contributed by atoms with Crippen molar-refractivity contribution in [3.8, 4) is 0 Å². The summed E-state index contributed by atoms with van der Waals surface area (Å²) in [6.45, 7) is 0.909. The summed E-state index contributed by atoms with van der Waals surface area (Å²) in [6, 6.07) is 7.71. The van der Waals surface area contributed by atoms with Crippen molar-refractivity contribution >= 4 is 35.9 Å². The molecule has 1 amide bonds. The Hall–Kier alpha value is -3.24. The number of hydrogen-bond acceptors (Lipinski definition) is 6. The Labute approximate surface area is 165 Å². The number of nitrogens with zero attached hydrogens (tertiary/aromatic N) is 3. The summed E-state index contributed by atoms with van der Waals surface area (Å²) in [5.41, 5.74) is 1.51. The lowest BCUT2D eigenvalue weighted by Gasteiger charge is -2.32. The number of piperidine rings is 1. The van der Waals surface area contributed by atoms with Crippen LogP contribution in [0.3, 0.4) is 0 Å². The zero-order chi connectivity index (χ0) is 20.5. The number of imidazole rings is 1. The van der Waals surface area contributed by atoms with Crippen LogP contribution in [0.1, 0.15) is 39.6 Å². The number of aromatic amines is 1. The molecule has 29 heavy (non-hydrogen) atoms. The number of nitrogens with one attached hydrogen (secondary N) is 1. The van der Waals surface area contributed by atoms with Crippen LogP contribution in [-0.4, -0.2) is 61.9 Å². The molecule has 0 atom stereocenters. The topological polar surface area (TPSA) is 129 Å². The number of carbonyl (C=O) groups excluding carboxylic acids is 2. The number of pyridine rings is 1. The van der Waals surface area contributed by atoms with Crippen molar-refractivity contribution in [1.29, 1.82) is 0 Å². The summed E-state index contributed by atoms with van der Waals surface area (Å²) < 4.78 is 1.65. The van der Waals surface area contributed by atoms with Gasteiger partial charge < -0.3 is 19.9 Å². The number of carbonyl (C=O) groups is 2. The van der Waals surface area contributed by atoms with Crippen LogP contribution in [0.4, 0.5) is 0 Å². The maximum atomic E-state index is 12.8. The van der Waals surface area contributed by atoms with Crippen LogP contribution in [-0.2, 0) is 0 Å². The number of benzene rings is 1. The fraction of sp³-hybridized carbons (Fsp3) is 0.263. The van der Waals surface area contributed by atoms with Gasteiger partial charge in [0.15, 0.2) is 5.65 Å². The van der Waals surface area contributed by atoms with Crippen molar-refractivity contribution in [1.82, 2.24) is 19.4 Å². The quantitative estimate of drug-likeness (QED) is 0.412. The summed E-state index contributed by atoms with van der Waals surface area (Å²) in [5.74, 6) is -0.241. The third-order valence-corrected chi connectivity index (χ3v) is 5.33. The van der Waals surface area contributed by atoms with Gasteiger partial charge in [-0.25, -0.2) is 9.78 Å². The molecule has 1 aromatic carbocycles. The summed E-state index contributed by atoms with van der Waals surface area (Å²) in [5, 5.41) is 18.6. The third-order valence-electron chi connectivity index (χ3n) is 5.33. The first-order valence-electron chi connectivity index (χ1n) is 9.29. The largest absolute Gasteiger partial charge is 0.489 e. The number of likely N-dealkylation sites (tertiary alicyclic amines) is 1. The van der Waals surface area contributed by atoms with Gasteiger partial charge in [-0.1, -0.05) is 6.07 Å². The Bertz CT molecular complexity index is 1130. The van der Waals surface area contributed by atoms with Gasteiger partial charge in [-0.2, -0.15) is 0 Å². The first kappa shape index (κ1) is 19.1. The molecule has 0 spiro atoms. The van der Waals surface area contributed by atoms with Crippen molar-refractivity contribution in [2.24, 2.45) is 0 Å². The molecular formula is C19H19BN4O5. The Morgan fingerprint density at radius 2 is 2.00 bits per heavy atom. The van der Waals surface area contributed by atoms with Crippen molar-refractivity contribution in [2.75, 3.05) is 13.1 Å². The fourth-order valence-corrected chi connectivity index (χ4v) is 3.85. The van der Waals surface area contributed by atoms with Gasteiger partial charge in [0.1, 0.15) is 6.29 Å². The molecule has 0 bridgehead atoms. The van der Waals surface area contributed by atoms with Gasteiger partial charge in [0.25, 0.3) is 5.91 Å². The van der Waals surface area contributed by atoms with Crippen LogP contribution in [0.5, 0.6) is 0 Å². The second kappa shape index (κ2) is 7.65. The van der Waals surface area contributed by atoms with Crippen LogP contribution in [0.2, 0.25) is 0 Å². The molecule has 4 rings (SSSR count). The predicted octanol–water partition coefficient (Wildman–Crippen LogP) is -0.306. The van der Waals surface area contributed by atoms with Crippen LogP contribution >= 0.6 is 0 Å². The highest BCUT2D eigenvalue weighted by Crippen LogP contribution is 2.25. The average molecular weight is 394 g/mol. The maximum absolute atomic E-state index is 12.8. The fourth-order valence-electron chi connectivity index (χ4n) is 3.85. The summed E-state index contributed by atoms with van der Waals surface area (Å²) >= 11 is 0.